The molecule has 5 rings (SSSR count). The molecule has 0 radical (unpaired) electrons. The molecule has 31 heavy (non-hydrogen) atoms. The van der Waals surface area contributed by atoms with Gasteiger partial charge in [0.1, 0.15) is 5.60 Å². The van der Waals surface area contributed by atoms with E-state index in [4.69, 9.17) is 0 Å². The lowest BCUT2D eigenvalue weighted by atomic mass is 9.74. The van der Waals surface area contributed by atoms with Gasteiger partial charge >= 0.3 is 0 Å². The average Bonchev–Trinajstić information content (AvgIpc) is 3.52. The van der Waals surface area contributed by atoms with Crippen molar-refractivity contribution in [2.75, 3.05) is 26.2 Å². The fraction of sp³-hybridized carbons (Fsp3) is 0.654. The number of carbonyl (C=O) groups is 1. The van der Waals surface area contributed by atoms with Crippen molar-refractivity contribution in [3.8, 4) is 11.8 Å². The first-order chi connectivity index (χ1) is 15.1. The van der Waals surface area contributed by atoms with Crippen molar-refractivity contribution >= 4 is 5.91 Å². The van der Waals surface area contributed by atoms with Crippen LogP contribution in [0.5, 0.6) is 0 Å². The highest BCUT2D eigenvalue weighted by molar-refractivity contribution is 5.81. The van der Waals surface area contributed by atoms with E-state index in [0.29, 0.717) is 5.91 Å². The molecule has 0 unspecified atom stereocenters. The molecule has 2 heterocycles. The van der Waals surface area contributed by atoms with Gasteiger partial charge < -0.3 is 15.1 Å². The molecule has 1 amide bonds. The first kappa shape index (κ1) is 21.0. The van der Waals surface area contributed by atoms with Gasteiger partial charge in [0.25, 0.3) is 0 Å². The molecular weight excluding hydrogens is 388 g/mol. The molecule has 0 bridgehead atoms. The van der Waals surface area contributed by atoms with Crippen molar-refractivity contribution in [1.29, 1.82) is 0 Å². The van der Waals surface area contributed by atoms with Gasteiger partial charge in [-0.3, -0.25) is 9.69 Å². The second kappa shape index (κ2) is 8.58. The molecule has 2 aliphatic heterocycles. The van der Waals surface area contributed by atoms with Gasteiger partial charge in [-0.05, 0) is 75.6 Å². The fourth-order valence-electron chi connectivity index (χ4n) is 5.79. The summed E-state index contributed by atoms with van der Waals surface area (Å²) >= 11 is 0. The van der Waals surface area contributed by atoms with Crippen LogP contribution in [0.4, 0.5) is 0 Å². The quantitative estimate of drug-likeness (QED) is 0.735. The van der Waals surface area contributed by atoms with Crippen molar-refractivity contribution in [2.45, 2.75) is 75.0 Å². The van der Waals surface area contributed by atoms with Crippen LogP contribution in [0.1, 0.15) is 68.4 Å². The van der Waals surface area contributed by atoms with Gasteiger partial charge in [-0.1, -0.05) is 24.0 Å². The predicted octanol–water partition coefficient (Wildman–Crippen LogP) is 2.50. The normalized spacial score (nSPS) is 30.4. The zero-order chi connectivity index (χ0) is 21.4. The van der Waals surface area contributed by atoms with E-state index in [2.05, 4.69) is 33.8 Å². The van der Waals surface area contributed by atoms with Crippen LogP contribution in [0.25, 0.3) is 0 Å². The van der Waals surface area contributed by atoms with Crippen LogP contribution in [0.2, 0.25) is 0 Å². The Morgan fingerprint density at radius 3 is 2.45 bits per heavy atom. The van der Waals surface area contributed by atoms with Gasteiger partial charge in [0.15, 0.2) is 0 Å². The van der Waals surface area contributed by atoms with Crippen LogP contribution in [0.3, 0.4) is 0 Å². The van der Waals surface area contributed by atoms with Gasteiger partial charge in [-0.2, -0.15) is 0 Å². The Hall–Kier alpha value is -1.87. The number of aliphatic hydroxyl groups is 2. The number of fused-ring (bicyclic) bond motifs is 1. The van der Waals surface area contributed by atoms with Crippen molar-refractivity contribution in [3.05, 3.63) is 35.4 Å². The van der Waals surface area contributed by atoms with Crippen LogP contribution >= 0.6 is 0 Å². The second-order valence-electron chi connectivity index (χ2n) is 9.96. The summed E-state index contributed by atoms with van der Waals surface area (Å²) in [5.74, 6) is 7.07. The third kappa shape index (κ3) is 4.26. The van der Waals surface area contributed by atoms with Gasteiger partial charge in [0, 0.05) is 42.6 Å². The van der Waals surface area contributed by atoms with E-state index in [9.17, 15) is 15.0 Å². The Bertz CT molecular complexity index is 861. The highest BCUT2D eigenvalue weighted by Crippen LogP contribution is 2.42. The topological polar surface area (TPSA) is 64.0 Å². The molecule has 2 aliphatic carbocycles. The fourth-order valence-corrected chi connectivity index (χ4v) is 5.79. The molecule has 0 aromatic heterocycles. The molecule has 1 aromatic carbocycles. The molecule has 0 spiro atoms. The Morgan fingerprint density at radius 1 is 1.06 bits per heavy atom. The van der Waals surface area contributed by atoms with Gasteiger partial charge in [-0.25, -0.2) is 0 Å². The van der Waals surface area contributed by atoms with E-state index in [1.165, 1.54) is 5.56 Å². The molecule has 2 N–H and O–H groups in total. The highest BCUT2D eigenvalue weighted by Gasteiger charge is 2.50. The highest BCUT2D eigenvalue weighted by atomic mass is 16.3. The van der Waals surface area contributed by atoms with E-state index < -0.39 is 5.60 Å². The van der Waals surface area contributed by atoms with E-state index in [0.717, 1.165) is 76.6 Å². The van der Waals surface area contributed by atoms with Crippen LogP contribution in [0.15, 0.2) is 24.3 Å². The number of benzene rings is 1. The summed E-state index contributed by atoms with van der Waals surface area (Å²) in [7, 11) is 0. The minimum Gasteiger partial charge on any atom is -0.395 e. The maximum Gasteiger partial charge on any atom is 0.225 e. The number of amides is 1. The Balaban J connectivity index is 1.33. The monoisotopic (exact) mass is 422 g/mol. The maximum atomic E-state index is 12.8. The van der Waals surface area contributed by atoms with Crippen molar-refractivity contribution < 1.29 is 15.0 Å². The minimum atomic E-state index is -0.814. The summed E-state index contributed by atoms with van der Waals surface area (Å²) in [6, 6.07) is 8.72. The number of carbonyl (C=O) groups excluding carboxylic acids is 1. The zero-order valence-electron chi connectivity index (χ0n) is 18.3. The van der Waals surface area contributed by atoms with Crippen LogP contribution < -0.4 is 0 Å². The summed E-state index contributed by atoms with van der Waals surface area (Å²) < 4.78 is 0. The molecule has 3 atom stereocenters. The molecular formula is C26H34N2O3. The zero-order valence-corrected chi connectivity index (χ0v) is 18.3. The van der Waals surface area contributed by atoms with Crippen molar-refractivity contribution in [1.82, 2.24) is 9.80 Å². The van der Waals surface area contributed by atoms with Crippen LogP contribution in [-0.2, 0) is 4.79 Å². The van der Waals surface area contributed by atoms with E-state index in [1.807, 2.05) is 12.1 Å². The van der Waals surface area contributed by atoms with Crippen molar-refractivity contribution in [3.63, 3.8) is 0 Å². The Morgan fingerprint density at radius 2 is 1.77 bits per heavy atom. The first-order valence-electron chi connectivity index (χ1n) is 12.1. The third-order valence-corrected chi connectivity index (χ3v) is 7.77. The summed E-state index contributed by atoms with van der Waals surface area (Å²) in [6.07, 6.45) is 7.85. The first-order valence-corrected chi connectivity index (χ1v) is 12.1. The lowest BCUT2D eigenvalue weighted by Crippen LogP contribution is -2.68. The van der Waals surface area contributed by atoms with Crippen molar-refractivity contribution in [2.24, 2.45) is 5.92 Å². The summed E-state index contributed by atoms with van der Waals surface area (Å²) in [6.45, 7) is 2.78. The molecule has 166 valence electrons. The molecule has 1 aromatic rings. The molecule has 5 nitrogen and oxygen atoms in total. The molecule has 4 fully saturated rings. The van der Waals surface area contributed by atoms with E-state index >= 15 is 0 Å². The summed E-state index contributed by atoms with van der Waals surface area (Å²) in [5.41, 5.74) is 1.32. The molecule has 2 saturated carbocycles. The van der Waals surface area contributed by atoms with Crippen LogP contribution in [0, 0.1) is 17.8 Å². The van der Waals surface area contributed by atoms with Gasteiger partial charge in [0.2, 0.25) is 5.91 Å². The summed E-state index contributed by atoms with van der Waals surface area (Å²) in [5, 5.41) is 20.6. The second-order valence-corrected chi connectivity index (χ2v) is 9.96. The molecule has 5 heteroatoms. The number of nitrogens with zero attached hydrogens (tertiary/aromatic N) is 2. The number of hydrogen-bond acceptors (Lipinski definition) is 4. The standard InChI is InChI=1S/C26H34N2O3/c29-18-23-24(20-7-5-19(6-8-20)11-14-26(31)12-1-2-13-26)22-17-27(25(30)21-9-10-21)15-3-4-16-28(22)23/h5-8,21-24,29,31H,1-4,9-10,12-13,15-18H2/t22-,23+,24+/m1/s1. The SMILES string of the molecule is O=C(C1CC1)N1CCCCN2[C@H](C1)[C@H](c1ccc(C#CC3(O)CCCC3)cc1)[C@@H]2CO. The number of hydrogen-bond donors (Lipinski definition) is 2. The molecule has 4 aliphatic rings. The minimum absolute atomic E-state index is 0.122. The maximum absolute atomic E-state index is 12.8. The largest absolute Gasteiger partial charge is 0.395 e. The van der Waals surface area contributed by atoms with E-state index in [1.54, 1.807) is 0 Å². The third-order valence-electron chi connectivity index (χ3n) is 7.77. The Kier molecular flexibility index (Phi) is 5.81. The summed E-state index contributed by atoms with van der Waals surface area (Å²) in [4.78, 5) is 17.3. The number of rotatable bonds is 3. The smallest absolute Gasteiger partial charge is 0.225 e. The average molecular weight is 423 g/mol. The predicted molar refractivity (Wildman–Crippen MR) is 119 cm³/mol. The Labute approximate surface area is 185 Å². The van der Waals surface area contributed by atoms with Gasteiger partial charge in [-0.15, -0.1) is 0 Å². The molecule has 2 saturated heterocycles. The lowest BCUT2D eigenvalue weighted by Gasteiger charge is -2.57. The van der Waals surface area contributed by atoms with Gasteiger partial charge in [0.05, 0.1) is 6.61 Å². The van der Waals surface area contributed by atoms with Crippen LogP contribution in [-0.4, -0.2) is 69.8 Å². The number of aliphatic hydroxyl groups excluding tert-OH is 1. The van der Waals surface area contributed by atoms with E-state index in [-0.39, 0.29) is 30.5 Å². The lowest BCUT2D eigenvalue weighted by molar-refractivity contribution is -0.137.